The van der Waals surface area contributed by atoms with E-state index in [1.165, 1.54) is 18.3 Å². The molecule has 3 aromatic rings. The van der Waals surface area contributed by atoms with Crippen molar-refractivity contribution in [3.05, 3.63) is 52.1 Å². The number of rotatable bonds is 2. The van der Waals surface area contributed by atoms with Crippen molar-refractivity contribution < 1.29 is 23.8 Å². The highest BCUT2D eigenvalue weighted by Crippen LogP contribution is 2.45. The summed E-state index contributed by atoms with van der Waals surface area (Å²) in [6.45, 7) is 6.56. The Morgan fingerprint density at radius 2 is 1.94 bits per heavy atom. The van der Waals surface area contributed by atoms with Crippen LogP contribution < -0.4 is 14.9 Å². The third-order valence-electron chi connectivity index (χ3n) is 5.78. The molecule has 0 saturated carbocycles. The summed E-state index contributed by atoms with van der Waals surface area (Å²) in [7, 11) is 0. The number of carbonyl (C=O) groups is 1. The van der Waals surface area contributed by atoms with Crippen LogP contribution in [-0.2, 0) is 6.54 Å². The van der Waals surface area contributed by atoms with Crippen LogP contribution in [0.25, 0.3) is 22.6 Å². The van der Waals surface area contributed by atoms with Gasteiger partial charge in [0.15, 0.2) is 17.0 Å². The standard InChI is InChI=1S/C22H20FN3O5/c1-22(2,3)18-9-26-16(15-7-17(27)12(21(28)29)8-25(15)18)6-14(24-26)11-4-5-13(23)20-19(11)30-10-31-20/h4-8,18H,9-10H2,1-3H3,(H,28,29)/t18-/m0/s1. The number of pyridine rings is 1. The van der Waals surface area contributed by atoms with Gasteiger partial charge in [0.1, 0.15) is 5.56 Å². The fraction of sp³-hybridized carbons (Fsp3) is 0.318. The molecule has 0 saturated heterocycles. The predicted molar refractivity (Wildman–Crippen MR) is 109 cm³/mol. The van der Waals surface area contributed by atoms with Crippen LogP contribution in [0.5, 0.6) is 11.5 Å². The van der Waals surface area contributed by atoms with Gasteiger partial charge in [0.25, 0.3) is 0 Å². The lowest BCUT2D eigenvalue weighted by Crippen LogP contribution is -2.35. The van der Waals surface area contributed by atoms with E-state index in [1.807, 2.05) is 25.3 Å². The van der Waals surface area contributed by atoms with E-state index in [9.17, 15) is 19.1 Å². The maximum Gasteiger partial charge on any atom is 0.341 e. The Hall–Kier alpha value is -3.62. The van der Waals surface area contributed by atoms with Gasteiger partial charge in [0.05, 0.1) is 29.7 Å². The number of aromatic carboxylic acids is 1. The third kappa shape index (κ3) is 2.91. The zero-order valence-electron chi connectivity index (χ0n) is 17.2. The Balaban J connectivity index is 1.72. The number of hydrogen-bond acceptors (Lipinski definition) is 5. The van der Waals surface area contributed by atoms with E-state index < -0.39 is 17.2 Å². The molecule has 8 nitrogen and oxygen atoms in total. The summed E-state index contributed by atoms with van der Waals surface area (Å²) < 4.78 is 28.4. The average molecular weight is 425 g/mol. The quantitative estimate of drug-likeness (QED) is 0.675. The van der Waals surface area contributed by atoms with Crippen molar-refractivity contribution in [3.8, 4) is 34.1 Å². The molecule has 4 heterocycles. The zero-order chi connectivity index (χ0) is 22.1. The Kier molecular flexibility index (Phi) is 4.02. The second kappa shape index (κ2) is 6.44. The molecule has 160 valence electrons. The van der Waals surface area contributed by atoms with Gasteiger partial charge in [0.2, 0.25) is 12.5 Å². The lowest BCUT2D eigenvalue weighted by Gasteiger charge is -2.38. The fourth-order valence-corrected chi connectivity index (χ4v) is 4.18. The molecule has 1 atom stereocenters. The van der Waals surface area contributed by atoms with Gasteiger partial charge in [0, 0.05) is 17.8 Å². The maximum absolute atomic E-state index is 14.0. The predicted octanol–water partition coefficient (Wildman–Crippen LogP) is 3.55. The normalized spacial score (nSPS) is 16.7. The van der Waals surface area contributed by atoms with Gasteiger partial charge in [-0.05, 0) is 23.6 Å². The second-order valence-corrected chi connectivity index (χ2v) is 8.79. The number of fused-ring (bicyclic) bond motifs is 4. The molecule has 0 aliphatic carbocycles. The first kappa shape index (κ1) is 19.3. The number of nitrogens with zero attached hydrogens (tertiary/aromatic N) is 3. The van der Waals surface area contributed by atoms with Crippen molar-refractivity contribution >= 4 is 5.97 Å². The maximum atomic E-state index is 14.0. The first-order chi connectivity index (χ1) is 14.6. The Morgan fingerprint density at radius 3 is 2.65 bits per heavy atom. The number of carboxylic acid groups (broad SMARTS) is 1. The summed E-state index contributed by atoms with van der Waals surface area (Å²) in [5, 5.41) is 14.1. The minimum atomic E-state index is -1.26. The molecule has 31 heavy (non-hydrogen) atoms. The fourth-order valence-electron chi connectivity index (χ4n) is 4.18. The average Bonchev–Trinajstić information content (AvgIpc) is 3.34. The summed E-state index contributed by atoms with van der Waals surface area (Å²) in [4.78, 5) is 24.0. The number of aromatic nitrogens is 3. The van der Waals surface area contributed by atoms with Gasteiger partial charge in [-0.1, -0.05) is 20.8 Å². The number of hydrogen-bond donors (Lipinski definition) is 1. The smallest absolute Gasteiger partial charge is 0.341 e. The number of benzene rings is 1. The lowest BCUT2D eigenvalue weighted by molar-refractivity contribution is 0.0693. The van der Waals surface area contributed by atoms with Crippen LogP contribution in [0.4, 0.5) is 4.39 Å². The molecule has 0 amide bonds. The van der Waals surface area contributed by atoms with Gasteiger partial charge in [-0.15, -0.1) is 0 Å². The van der Waals surface area contributed by atoms with E-state index in [1.54, 1.807) is 16.8 Å². The molecule has 0 bridgehead atoms. The van der Waals surface area contributed by atoms with Crippen LogP contribution in [0.3, 0.4) is 0 Å². The highest BCUT2D eigenvalue weighted by Gasteiger charge is 2.35. The number of halogens is 1. The highest BCUT2D eigenvalue weighted by atomic mass is 19.1. The summed E-state index contributed by atoms with van der Waals surface area (Å²) in [5.74, 6) is -1.42. The van der Waals surface area contributed by atoms with E-state index in [4.69, 9.17) is 14.6 Å². The summed E-state index contributed by atoms with van der Waals surface area (Å²) in [6.07, 6.45) is 1.42. The number of ether oxygens (including phenoxy) is 2. The van der Waals surface area contributed by atoms with Gasteiger partial charge in [-0.3, -0.25) is 9.48 Å². The van der Waals surface area contributed by atoms with Crippen LogP contribution >= 0.6 is 0 Å². The van der Waals surface area contributed by atoms with Gasteiger partial charge >= 0.3 is 5.97 Å². The van der Waals surface area contributed by atoms with E-state index >= 15 is 0 Å². The van der Waals surface area contributed by atoms with E-state index in [2.05, 4.69) is 0 Å². The molecular weight excluding hydrogens is 405 g/mol. The van der Waals surface area contributed by atoms with Crippen molar-refractivity contribution in [2.45, 2.75) is 33.4 Å². The van der Waals surface area contributed by atoms with Crippen LogP contribution in [0.1, 0.15) is 37.2 Å². The van der Waals surface area contributed by atoms with Crippen molar-refractivity contribution in [2.75, 3.05) is 6.79 Å². The Bertz CT molecular complexity index is 1300. The third-order valence-corrected chi connectivity index (χ3v) is 5.78. The van der Waals surface area contributed by atoms with Gasteiger partial charge < -0.3 is 19.1 Å². The van der Waals surface area contributed by atoms with Gasteiger partial charge in [-0.2, -0.15) is 5.10 Å². The van der Waals surface area contributed by atoms with Crippen molar-refractivity contribution in [2.24, 2.45) is 5.41 Å². The molecule has 5 rings (SSSR count). The SMILES string of the molecule is CC(C)(C)[C@@H]1Cn2nc(-c3ccc(F)c4c3OCO4)cc2-c2cc(=O)c(C(=O)O)cn21. The summed E-state index contributed by atoms with van der Waals surface area (Å²) >= 11 is 0. The first-order valence-corrected chi connectivity index (χ1v) is 9.81. The highest BCUT2D eigenvalue weighted by molar-refractivity contribution is 5.87. The molecule has 2 aliphatic heterocycles. The van der Waals surface area contributed by atoms with Gasteiger partial charge in [-0.25, -0.2) is 9.18 Å². The van der Waals surface area contributed by atoms with Crippen LogP contribution in [0, 0.1) is 11.2 Å². The minimum Gasteiger partial charge on any atom is -0.477 e. The second-order valence-electron chi connectivity index (χ2n) is 8.79. The van der Waals surface area contributed by atoms with Crippen LogP contribution in [-0.4, -0.2) is 32.2 Å². The molecule has 1 aromatic carbocycles. The minimum absolute atomic E-state index is 0.0544. The molecular formula is C22H20FN3O5. The molecule has 1 N–H and O–H groups in total. The lowest BCUT2D eigenvalue weighted by atomic mass is 9.85. The first-order valence-electron chi connectivity index (χ1n) is 9.81. The molecule has 0 spiro atoms. The summed E-state index contributed by atoms with van der Waals surface area (Å²) in [6, 6.07) is 5.88. The van der Waals surface area contributed by atoms with E-state index in [0.29, 0.717) is 34.9 Å². The van der Waals surface area contributed by atoms with E-state index in [0.717, 1.165) is 0 Å². The number of carboxylic acids is 1. The summed E-state index contributed by atoms with van der Waals surface area (Å²) in [5.41, 5.74) is 1.30. The zero-order valence-corrected chi connectivity index (χ0v) is 17.2. The molecule has 0 unspecified atom stereocenters. The largest absolute Gasteiger partial charge is 0.477 e. The van der Waals surface area contributed by atoms with E-state index in [-0.39, 0.29) is 29.6 Å². The molecule has 0 radical (unpaired) electrons. The van der Waals surface area contributed by atoms with Crippen molar-refractivity contribution in [3.63, 3.8) is 0 Å². The molecule has 2 aromatic heterocycles. The van der Waals surface area contributed by atoms with Crippen molar-refractivity contribution in [1.29, 1.82) is 0 Å². The Morgan fingerprint density at radius 1 is 1.19 bits per heavy atom. The Labute approximate surface area is 176 Å². The van der Waals surface area contributed by atoms with Crippen LogP contribution in [0.2, 0.25) is 0 Å². The van der Waals surface area contributed by atoms with Crippen molar-refractivity contribution in [1.82, 2.24) is 14.3 Å². The molecule has 0 fully saturated rings. The topological polar surface area (TPSA) is 95.6 Å². The molecule has 9 heteroatoms. The molecule has 2 aliphatic rings. The van der Waals surface area contributed by atoms with Crippen LogP contribution in [0.15, 0.2) is 35.3 Å². The monoisotopic (exact) mass is 425 g/mol.